The number of hydrogen-bond donors (Lipinski definition) is 1. The molecule has 0 saturated carbocycles. The summed E-state index contributed by atoms with van der Waals surface area (Å²) in [6.45, 7) is 6.47. The van der Waals surface area contributed by atoms with E-state index in [0.29, 0.717) is 12.6 Å². The molecule has 1 aromatic heterocycles. The van der Waals surface area contributed by atoms with E-state index in [4.69, 9.17) is 5.73 Å². The first-order valence-electron chi connectivity index (χ1n) is 6.93. The number of piperazine rings is 1. The highest BCUT2D eigenvalue weighted by Crippen LogP contribution is 2.29. The molecule has 2 aliphatic rings. The molecule has 0 spiro atoms. The standard InChI is InChI=1S/C13H22N4S/c1-10-7-16-5-3-2-4-12(16)8-17(10)13-15-11(6-14)9-18-13/h9-10,12H,2-8,14H2,1H3. The molecule has 0 bridgehead atoms. The van der Waals surface area contributed by atoms with Gasteiger partial charge in [0.1, 0.15) is 0 Å². The number of nitrogens with zero attached hydrogens (tertiary/aromatic N) is 3. The first-order valence-corrected chi connectivity index (χ1v) is 7.81. The molecule has 0 aromatic carbocycles. The summed E-state index contributed by atoms with van der Waals surface area (Å²) in [4.78, 5) is 9.79. The van der Waals surface area contributed by atoms with Crippen LogP contribution < -0.4 is 10.6 Å². The molecule has 0 aliphatic carbocycles. The van der Waals surface area contributed by atoms with Gasteiger partial charge in [-0.1, -0.05) is 6.42 Å². The molecule has 0 amide bonds. The summed E-state index contributed by atoms with van der Waals surface area (Å²) >= 11 is 1.74. The Balaban J connectivity index is 1.75. The summed E-state index contributed by atoms with van der Waals surface area (Å²) in [6, 6.07) is 1.30. The second-order valence-electron chi connectivity index (χ2n) is 5.47. The molecular weight excluding hydrogens is 244 g/mol. The number of piperidine rings is 1. The average Bonchev–Trinajstić information content (AvgIpc) is 2.86. The Bertz CT molecular complexity index is 405. The van der Waals surface area contributed by atoms with Gasteiger partial charge in [0.05, 0.1) is 5.69 Å². The molecule has 1 aromatic rings. The van der Waals surface area contributed by atoms with Crippen LogP contribution in [0.15, 0.2) is 5.38 Å². The number of aromatic nitrogens is 1. The largest absolute Gasteiger partial charge is 0.343 e. The van der Waals surface area contributed by atoms with Crippen molar-refractivity contribution in [2.75, 3.05) is 24.5 Å². The predicted molar refractivity (Wildman–Crippen MR) is 76.0 cm³/mol. The molecule has 0 radical (unpaired) electrons. The summed E-state index contributed by atoms with van der Waals surface area (Å²) in [5, 5.41) is 3.25. The Kier molecular flexibility index (Phi) is 3.54. The molecule has 5 heteroatoms. The van der Waals surface area contributed by atoms with Gasteiger partial charge in [-0.25, -0.2) is 4.98 Å². The molecule has 2 fully saturated rings. The minimum atomic E-state index is 0.550. The van der Waals surface area contributed by atoms with Crippen molar-refractivity contribution in [3.63, 3.8) is 0 Å². The van der Waals surface area contributed by atoms with Crippen LogP contribution in [0.4, 0.5) is 5.13 Å². The molecule has 3 heterocycles. The van der Waals surface area contributed by atoms with Crippen LogP contribution in [0.25, 0.3) is 0 Å². The molecule has 2 N–H and O–H groups in total. The second-order valence-corrected chi connectivity index (χ2v) is 6.31. The lowest BCUT2D eigenvalue weighted by atomic mass is 9.97. The third-order valence-corrected chi connectivity index (χ3v) is 5.11. The van der Waals surface area contributed by atoms with Crippen molar-refractivity contribution in [2.24, 2.45) is 5.73 Å². The van der Waals surface area contributed by atoms with Crippen molar-refractivity contribution in [1.29, 1.82) is 0 Å². The maximum Gasteiger partial charge on any atom is 0.185 e. The Labute approximate surface area is 113 Å². The van der Waals surface area contributed by atoms with Crippen LogP contribution in [0.2, 0.25) is 0 Å². The van der Waals surface area contributed by atoms with Gasteiger partial charge in [0.25, 0.3) is 0 Å². The third kappa shape index (κ3) is 2.27. The smallest absolute Gasteiger partial charge is 0.185 e. The van der Waals surface area contributed by atoms with Gasteiger partial charge < -0.3 is 10.6 Å². The summed E-state index contributed by atoms with van der Waals surface area (Å²) < 4.78 is 0. The summed E-state index contributed by atoms with van der Waals surface area (Å²) in [7, 11) is 0. The molecule has 4 nitrogen and oxygen atoms in total. The van der Waals surface area contributed by atoms with Crippen LogP contribution in [-0.4, -0.2) is 41.6 Å². The zero-order valence-corrected chi connectivity index (χ0v) is 11.8. The third-order valence-electron chi connectivity index (χ3n) is 4.18. The van der Waals surface area contributed by atoms with Crippen molar-refractivity contribution in [3.8, 4) is 0 Å². The van der Waals surface area contributed by atoms with E-state index in [2.05, 4.69) is 27.1 Å². The number of anilines is 1. The fourth-order valence-electron chi connectivity index (χ4n) is 3.14. The fourth-order valence-corrected chi connectivity index (χ4v) is 4.09. The van der Waals surface area contributed by atoms with Crippen molar-refractivity contribution < 1.29 is 0 Å². The number of nitrogens with two attached hydrogens (primary N) is 1. The minimum absolute atomic E-state index is 0.550. The van der Waals surface area contributed by atoms with E-state index in [9.17, 15) is 0 Å². The highest BCUT2D eigenvalue weighted by atomic mass is 32.1. The van der Waals surface area contributed by atoms with Crippen LogP contribution in [0.3, 0.4) is 0 Å². The summed E-state index contributed by atoms with van der Waals surface area (Å²) in [5.41, 5.74) is 6.67. The normalized spacial score (nSPS) is 29.3. The number of rotatable bonds is 2. The molecule has 3 rings (SSSR count). The number of thiazole rings is 1. The van der Waals surface area contributed by atoms with Gasteiger partial charge in [0, 0.05) is 37.1 Å². The summed E-state index contributed by atoms with van der Waals surface area (Å²) in [6.07, 6.45) is 4.10. The van der Waals surface area contributed by atoms with E-state index >= 15 is 0 Å². The quantitative estimate of drug-likeness (QED) is 0.884. The maximum absolute atomic E-state index is 5.65. The van der Waals surface area contributed by atoms with Crippen LogP contribution >= 0.6 is 11.3 Å². The predicted octanol–water partition coefficient (Wildman–Crippen LogP) is 1.66. The lowest BCUT2D eigenvalue weighted by Gasteiger charge is -2.47. The Morgan fingerprint density at radius 2 is 2.33 bits per heavy atom. The molecular formula is C13H22N4S. The monoisotopic (exact) mass is 266 g/mol. The van der Waals surface area contributed by atoms with Gasteiger partial charge in [0.2, 0.25) is 0 Å². The van der Waals surface area contributed by atoms with Crippen molar-refractivity contribution in [3.05, 3.63) is 11.1 Å². The molecule has 2 unspecified atom stereocenters. The van der Waals surface area contributed by atoms with Gasteiger partial charge in [-0.15, -0.1) is 11.3 Å². The highest BCUT2D eigenvalue weighted by Gasteiger charge is 2.33. The van der Waals surface area contributed by atoms with Crippen LogP contribution in [0, 0.1) is 0 Å². The SMILES string of the molecule is CC1CN2CCCCC2CN1c1nc(CN)cs1. The molecule has 2 aliphatic heterocycles. The molecule has 18 heavy (non-hydrogen) atoms. The topological polar surface area (TPSA) is 45.4 Å². The Hall–Kier alpha value is -0.650. The van der Waals surface area contributed by atoms with Gasteiger partial charge in [-0.3, -0.25) is 4.90 Å². The average molecular weight is 266 g/mol. The van der Waals surface area contributed by atoms with Gasteiger partial charge >= 0.3 is 0 Å². The first-order chi connectivity index (χ1) is 8.78. The number of fused-ring (bicyclic) bond motifs is 1. The van der Waals surface area contributed by atoms with E-state index in [-0.39, 0.29) is 0 Å². The Morgan fingerprint density at radius 3 is 3.11 bits per heavy atom. The van der Waals surface area contributed by atoms with Crippen LogP contribution in [0.1, 0.15) is 31.9 Å². The first kappa shape index (κ1) is 12.4. The van der Waals surface area contributed by atoms with E-state index in [1.807, 2.05) is 0 Å². The molecule has 100 valence electrons. The lowest BCUT2D eigenvalue weighted by Crippen LogP contribution is -2.58. The Morgan fingerprint density at radius 1 is 1.44 bits per heavy atom. The molecule has 2 saturated heterocycles. The van der Waals surface area contributed by atoms with Crippen molar-refractivity contribution in [2.45, 2.75) is 44.8 Å². The molecule has 2 atom stereocenters. The van der Waals surface area contributed by atoms with Gasteiger partial charge in [-0.05, 0) is 26.3 Å². The van der Waals surface area contributed by atoms with Crippen molar-refractivity contribution in [1.82, 2.24) is 9.88 Å². The zero-order chi connectivity index (χ0) is 12.5. The minimum Gasteiger partial charge on any atom is -0.343 e. The lowest BCUT2D eigenvalue weighted by molar-refractivity contribution is 0.115. The fraction of sp³-hybridized carbons (Fsp3) is 0.769. The van der Waals surface area contributed by atoms with E-state index in [1.165, 1.54) is 32.4 Å². The van der Waals surface area contributed by atoms with E-state index < -0.39 is 0 Å². The van der Waals surface area contributed by atoms with E-state index in [1.54, 1.807) is 11.3 Å². The summed E-state index contributed by atoms with van der Waals surface area (Å²) in [5.74, 6) is 0. The zero-order valence-electron chi connectivity index (χ0n) is 11.0. The second kappa shape index (κ2) is 5.15. The van der Waals surface area contributed by atoms with Crippen LogP contribution in [0.5, 0.6) is 0 Å². The van der Waals surface area contributed by atoms with Crippen LogP contribution in [-0.2, 0) is 6.54 Å². The van der Waals surface area contributed by atoms with Crippen molar-refractivity contribution >= 4 is 16.5 Å². The highest BCUT2D eigenvalue weighted by molar-refractivity contribution is 7.13. The number of hydrogen-bond acceptors (Lipinski definition) is 5. The maximum atomic E-state index is 5.65. The van der Waals surface area contributed by atoms with E-state index in [0.717, 1.165) is 23.4 Å². The van der Waals surface area contributed by atoms with Gasteiger partial charge in [-0.2, -0.15) is 0 Å². The van der Waals surface area contributed by atoms with Gasteiger partial charge in [0.15, 0.2) is 5.13 Å².